The third-order valence-corrected chi connectivity index (χ3v) is 4.01. The van der Waals surface area contributed by atoms with Crippen molar-refractivity contribution in [1.29, 1.82) is 0 Å². The van der Waals surface area contributed by atoms with Gasteiger partial charge in [-0.1, -0.05) is 33.8 Å². The van der Waals surface area contributed by atoms with Crippen molar-refractivity contribution in [2.45, 2.75) is 59.7 Å². The molecule has 2 N–H and O–H groups in total. The van der Waals surface area contributed by atoms with Gasteiger partial charge in [0.25, 0.3) is 0 Å². The largest absolute Gasteiger partial charge is 0.496 e. The van der Waals surface area contributed by atoms with Crippen molar-refractivity contribution < 1.29 is 4.74 Å². The van der Waals surface area contributed by atoms with Crippen LogP contribution in [0, 0.1) is 5.92 Å². The van der Waals surface area contributed by atoms with Crippen LogP contribution in [0.15, 0.2) is 18.2 Å². The monoisotopic (exact) mass is 292 g/mol. The van der Waals surface area contributed by atoms with Gasteiger partial charge in [0.2, 0.25) is 0 Å². The van der Waals surface area contributed by atoms with Gasteiger partial charge >= 0.3 is 0 Å². The molecule has 0 heterocycles. The van der Waals surface area contributed by atoms with Gasteiger partial charge < -0.3 is 10.5 Å². The van der Waals surface area contributed by atoms with Crippen LogP contribution in [0.25, 0.3) is 0 Å². The van der Waals surface area contributed by atoms with E-state index in [1.54, 1.807) is 7.11 Å². The Morgan fingerprint density at radius 2 is 1.86 bits per heavy atom. The number of nitrogens with two attached hydrogens (primary N) is 1. The average molecular weight is 292 g/mol. The van der Waals surface area contributed by atoms with E-state index in [9.17, 15) is 0 Å². The van der Waals surface area contributed by atoms with Crippen LogP contribution in [-0.2, 0) is 13.1 Å². The van der Waals surface area contributed by atoms with Gasteiger partial charge in [0.15, 0.2) is 0 Å². The molecule has 0 saturated heterocycles. The normalized spacial score (nSPS) is 11.7. The van der Waals surface area contributed by atoms with E-state index in [0.717, 1.165) is 24.4 Å². The topological polar surface area (TPSA) is 38.5 Å². The molecule has 21 heavy (non-hydrogen) atoms. The molecule has 0 aliphatic rings. The second kappa shape index (κ2) is 9.06. The molecular formula is C18H32N2O. The van der Waals surface area contributed by atoms with Gasteiger partial charge in [0.1, 0.15) is 5.75 Å². The average Bonchev–Trinajstić information content (AvgIpc) is 2.47. The number of methoxy groups -OCH3 is 1. The Labute approximate surface area is 130 Å². The zero-order valence-corrected chi connectivity index (χ0v) is 14.4. The summed E-state index contributed by atoms with van der Waals surface area (Å²) in [5.74, 6) is 1.57. The predicted molar refractivity (Wildman–Crippen MR) is 90.5 cm³/mol. The van der Waals surface area contributed by atoms with E-state index in [1.807, 2.05) is 6.07 Å². The highest BCUT2D eigenvalue weighted by Crippen LogP contribution is 2.22. The Kier molecular flexibility index (Phi) is 7.76. The molecule has 0 bridgehead atoms. The van der Waals surface area contributed by atoms with Crippen LogP contribution in [0.3, 0.4) is 0 Å². The summed E-state index contributed by atoms with van der Waals surface area (Å²) >= 11 is 0. The van der Waals surface area contributed by atoms with Crippen molar-refractivity contribution in [2.24, 2.45) is 11.7 Å². The third kappa shape index (κ3) is 5.33. The highest BCUT2D eigenvalue weighted by atomic mass is 16.5. The van der Waals surface area contributed by atoms with Gasteiger partial charge in [-0.2, -0.15) is 0 Å². The first kappa shape index (κ1) is 18.0. The minimum atomic E-state index is 0.520. The van der Waals surface area contributed by atoms with Crippen LogP contribution >= 0.6 is 0 Å². The summed E-state index contributed by atoms with van der Waals surface area (Å²) in [6, 6.07) is 7.04. The SMILES string of the molecule is CCC(CC)N(Cc1ccc(OC)c(CN)c1)CC(C)C. The number of hydrogen-bond donors (Lipinski definition) is 1. The summed E-state index contributed by atoms with van der Waals surface area (Å²) in [4.78, 5) is 2.60. The maximum Gasteiger partial charge on any atom is 0.123 e. The molecule has 1 aromatic carbocycles. The molecule has 1 rings (SSSR count). The zero-order chi connectivity index (χ0) is 15.8. The molecule has 3 heteroatoms. The van der Waals surface area contributed by atoms with Crippen LogP contribution in [0.5, 0.6) is 5.75 Å². The van der Waals surface area contributed by atoms with Crippen LogP contribution in [0.2, 0.25) is 0 Å². The van der Waals surface area contributed by atoms with E-state index in [1.165, 1.54) is 18.4 Å². The van der Waals surface area contributed by atoms with Crippen molar-refractivity contribution in [3.63, 3.8) is 0 Å². The summed E-state index contributed by atoms with van der Waals surface area (Å²) in [5, 5.41) is 0. The molecule has 0 amide bonds. The first-order chi connectivity index (χ1) is 10.0. The second-order valence-corrected chi connectivity index (χ2v) is 6.14. The lowest BCUT2D eigenvalue weighted by atomic mass is 10.0. The summed E-state index contributed by atoms with van der Waals surface area (Å²) < 4.78 is 5.36. The molecule has 0 spiro atoms. The third-order valence-electron chi connectivity index (χ3n) is 4.01. The van der Waals surface area contributed by atoms with Crippen molar-refractivity contribution in [3.8, 4) is 5.75 Å². The molecule has 0 radical (unpaired) electrons. The fourth-order valence-electron chi connectivity index (χ4n) is 2.94. The first-order valence-corrected chi connectivity index (χ1v) is 8.15. The maximum atomic E-state index is 5.83. The quantitative estimate of drug-likeness (QED) is 0.752. The molecule has 1 aromatic rings. The standard InChI is InChI=1S/C18H32N2O/c1-6-17(7-2)20(12-14(3)4)13-15-8-9-18(21-5)16(10-15)11-19/h8-10,14,17H,6-7,11-13,19H2,1-5H3. The van der Waals surface area contributed by atoms with E-state index < -0.39 is 0 Å². The van der Waals surface area contributed by atoms with Crippen molar-refractivity contribution in [2.75, 3.05) is 13.7 Å². The summed E-state index contributed by atoms with van der Waals surface area (Å²) in [5.41, 5.74) is 8.24. The van der Waals surface area contributed by atoms with Gasteiger partial charge in [-0.15, -0.1) is 0 Å². The smallest absolute Gasteiger partial charge is 0.123 e. The summed E-state index contributed by atoms with van der Waals surface area (Å²) in [6.07, 6.45) is 2.40. The first-order valence-electron chi connectivity index (χ1n) is 8.15. The molecule has 0 unspecified atom stereocenters. The highest BCUT2D eigenvalue weighted by Gasteiger charge is 2.17. The van der Waals surface area contributed by atoms with Crippen LogP contribution in [0.4, 0.5) is 0 Å². The van der Waals surface area contributed by atoms with Crippen LogP contribution < -0.4 is 10.5 Å². The molecule has 3 nitrogen and oxygen atoms in total. The summed E-state index contributed by atoms with van der Waals surface area (Å²) in [6.45, 7) is 11.8. The van der Waals surface area contributed by atoms with Crippen molar-refractivity contribution in [3.05, 3.63) is 29.3 Å². The van der Waals surface area contributed by atoms with Gasteiger partial charge in [-0.05, 0) is 36.5 Å². The van der Waals surface area contributed by atoms with Gasteiger partial charge in [-0.25, -0.2) is 0 Å². The Morgan fingerprint density at radius 3 is 2.33 bits per heavy atom. The number of nitrogens with zero attached hydrogens (tertiary/aromatic N) is 1. The Morgan fingerprint density at radius 1 is 1.19 bits per heavy atom. The Bertz CT molecular complexity index is 414. The number of hydrogen-bond acceptors (Lipinski definition) is 3. The fourth-order valence-corrected chi connectivity index (χ4v) is 2.94. The highest BCUT2D eigenvalue weighted by molar-refractivity contribution is 5.37. The van der Waals surface area contributed by atoms with E-state index in [0.29, 0.717) is 18.5 Å². The van der Waals surface area contributed by atoms with Gasteiger partial charge in [0, 0.05) is 31.2 Å². The summed E-state index contributed by atoms with van der Waals surface area (Å²) in [7, 11) is 1.70. The van der Waals surface area contributed by atoms with E-state index in [4.69, 9.17) is 10.5 Å². The molecule has 0 fully saturated rings. The number of rotatable bonds is 9. The number of ether oxygens (including phenoxy) is 1. The van der Waals surface area contributed by atoms with Crippen molar-refractivity contribution >= 4 is 0 Å². The molecular weight excluding hydrogens is 260 g/mol. The maximum absolute atomic E-state index is 5.83. The molecule has 0 aliphatic carbocycles. The van der Waals surface area contributed by atoms with Crippen molar-refractivity contribution in [1.82, 2.24) is 4.90 Å². The van der Waals surface area contributed by atoms with Crippen LogP contribution in [0.1, 0.15) is 51.7 Å². The predicted octanol–water partition coefficient (Wildman–Crippen LogP) is 3.80. The zero-order valence-electron chi connectivity index (χ0n) is 14.4. The lowest BCUT2D eigenvalue weighted by molar-refractivity contribution is 0.157. The molecule has 0 atom stereocenters. The molecule has 0 aliphatic heterocycles. The lowest BCUT2D eigenvalue weighted by Crippen LogP contribution is -2.36. The van der Waals surface area contributed by atoms with E-state index in [-0.39, 0.29) is 0 Å². The number of benzene rings is 1. The fraction of sp³-hybridized carbons (Fsp3) is 0.667. The Balaban J connectivity index is 2.91. The Hall–Kier alpha value is -1.06. The lowest BCUT2D eigenvalue weighted by Gasteiger charge is -2.32. The second-order valence-electron chi connectivity index (χ2n) is 6.14. The molecule has 0 aromatic heterocycles. The molecule has 120 valence electrons. The van der Waals surface area contributed by atoms with Crippen LogP contribution in [-0.4, -0.2) is 24.6 Å². The van der Waals surface area contributed by atoms with Gasteiger partial charge in [0.05, 0.1) is 7.11 Å². The molecule has 0 saturated carbocycles. The van der Waals surface area contributed by atoms with E-state index >= 15 is 0 Å². The minimum absolute atomic E-state index is 0.520. The minimum Gasteiger partial charge on any atom is -0.496 e. The van der Waals surface area contributed by atoms with Gasteiger partial charge in [-0.3, -0.25) is 4.90 Å². The van der Waals surface area contributed by atoms with E-state index in [2.05, 4.69) is 44.7 Å².